The minimum Gasteiger partial charge on any atom is -0.465 e. The van der Waals surface area contributed by atoms with E-state index in [4.69, 9.17) is 5.73 Å². The Bertz CT molecular complexity index is 701. The van der Waals surface area contributed by atoms with Gasteiger partial charge >= 0.3 is 11.9 Å². The maximum absolute atomic E-state index is 12.7. The molecule has 1 aromatic rings. The number of hydrogen-bond donors (Lipinski definition) is 1. The number of benzene rings is 1. The lowest BCUT2D eigenvalue weighted by Gasteiger charge is -2.24. The Morgan fingerprint density at radius 3 is 2.26 bits per heavy atom. The van der Waals surface area contributed by atoms with Crippen LogP contribution >= 0.6 is 0 Å². The molecule has 1 aromatic carbocycles. The molecule has 0 radical (unpaired) electrons. The van der Waals surface area contributed by atoms with Crippen LogP contribution in [0.2, 0.25) is 0 Å². The fraction of sp³-hybridized carbons (Fsp3) is 0.429. The molecule has 23 heavy (non-hydrogen) atoms. The summed E-state index contributed by atoms with van der Waals surface area (Å²) in [7, 11) is -0.398. The summed E-state index contributed by atoms with van der Waals surface area (Å²) in [6, 6.07) is 3.11. The molecule has 1 rings (SSSR count). The Morgan fingerprint density at radius 1 is 1.22 bits per heavy atom. The number of esters is 2. The van der Waals surface area contributed by atoms with Crippen molar-refractivity contribution in [3.8, 4) is 0 Å². The van der Waals surface area contributed by atoms with Gasteiger partial charge in [0.1, 0.15) is 0 Å². The van der Waals surface area contributed by atoms with Crippen molar-refractivity contribution in [1.29, 1.82) is 0 Å². The van der Waals surface area contributed by atoms with Crippen molar-refractivity contribution >= 4 is 22.0 Å². The van der Waals surface area contributed by atoms with Gasteiger partial charge in [-0.05, 0) is 25.1 Å². The zero-order chi connectivity index (χ0) is 17.8. The number of sulfonamides is 1. The highest BCUT2D eigenvalue weighted by Crippen LogP contribution is 2.23. The van der Waals surface area contributed by atoms with Gasteiger partial charge in [0.15, 0.2) is 0 Å². The number of carbonyl (C=O) groups excluding carboxylic acids is 2. The van der Waals surface area contributed by atoms with E-state index in [9.17, 15) is 18.0 Å². The highest BCUT2D eigenvalue weighted by atomic mass is 32.2. The van der Waals surface area contributed by atoms with Crippen molar-refractivity contribution < 1.29 is 27.5 Å². The van der Waals surface area contributed by atoms with Crippen molar-refractivity contribution in [2.24, 2.45) is 5.73 Å². The Hall–Kier alpha value is -1.97. The van der Waals surface area contributed by atoms with Crippen molar-refractivity contribution in [2.45, 2.75) is 17.9 Å². The summed E-state index contributed by atoms with van der Waals surface area (Å²) in [5.41, 5.74) is 5.34. The number of methoxy groups -OCH3 is 2. The third kappa shape index (κ3) is 3.87. The Balaban J connectivity index is 3.57. The molecule has 8 nitrogen and oxygen atoms in total. The lowest BCUT2D eigenvalue weighted by molar-refractivity contribution is 0.0583. The van der Waals surface area contributed by atoms with Gasteiger partial charge in [-0.3, -0.25) is 0 Å². The number of rotatable bonds is 6. The molecule has 0 aliphatic carbocycles. The van der Waals surface area contributed by atoms with Gasteiger partial charge in [-0.2, -0.15) is 4.31 Å². The molecular weight excluding hydrogens is 324 g/mol. The molecule has 128 valence electrons. The van der Waals surface area contributed by atoms with Gasteiger partial charge in [0.25, 0.3) is 0 Å². The first-order chi connectivity index (χ1) is 10.7. The van der Waals surface area contributed by atoms with Gasteiger partial charge < -0.3 is 15.2 Å². The van der Waals surface area contributed by atoms with Gasteiger partial charge in [0.05, 0.1) is 30.2 Å². The Labute approximate surface area is 135 Å². The number of nitrogens with two attached hydrogens (primary N) is 1. The number of ether oxygens (including phenoxy) is 2. The predicted molar refractivity (Wildman–Crippen MR) is 82.6 cm³/mol. The summed E-state index contributed by atoms with van der Waals surface area (Å²) in [4.78, 5) is 23.1. The van der Waals surface area contributed by atoms with Crippen LogP contribution in [-0.2, 0) is 19.5 Å². The predicted octanol–water partition coefficient (Wildman–Crippen LogP) is 0.228. The molecule has 0 saturated heterocycles. The van der Waals surface area contributed by atoms with Crippen molar-refractivity contribution in [2.75, 3.05) is 27.8 Å². The van der Waals surface area contributed by atoms with E-state index in [0.29, 0.717) is 0 Å². The van der Waals surface area contributed by atoms with Crippen LogP contribution in [0.1, 0.15) is 27.6 Å². The molecule has 0 amide bonds. The van der Waals surface area contributed by atoms with Crippen LogP contribution in [0.4, 0.5) is 0 Å². The van der Waals surface area contributed by atoms with Crippen LogP contribution in [-0.4, -0.2) is 58.5 Å². The van der Waals surface area contributed by atoms with Gasteiger partial charge in [-0.1, -0.05) is 0 Å². The van der Waals surface area contributed by atoms with E-state index in [0.717, 1.165) is 17.5 Å². The molecular formula is C14H20N2O6S. The zero-order valence-corrected chi connectivity index (χ0v) is 14.2. The first-order valence-electron chi connectivity index (χ1n) is 6.69. The van der Waals surface area contributed by atoms with E-state index in [-0.39, 0.29) is 22.6 Å². The van der Waals surface area contributed by atoms with Crippen molar-refractivity contribution in [3.63, 3.8) is 0 Å². The maximum Gasteiger partial charge on any atom is 0.339 e. The van der Waals surface area contributed by atoms with Crippen molar-refractivity contribution in [1.82, 2.24) is 4.31 Å². The second kappa shape index (κ2) is 7.53. The minimum atomic E-state index is -4.06. The number of hydrogen-bond acceptors (Lipinski definition) is 7. The summed E-state index contributed by atoms with van der Waals surface area (Å²) in [5, 5.41) is 0. The fourth-order valence-corrected chi connectivity index (χ4v) is 3.37. The van der Waals surface area contributed by atoms with E-state index in [1.807, 2.05) is 0 Å². The normalized spacial score (nSPS) is 12.8. The van der Waals surface area contributed by atoms with E-state index >= 15 is 0 Å². The molecule has 0 aromatic heterocycles. The summed E-state index contributed by atoms with van der Waals surface area (Å²) < 4.78 is 35.7. The summed E-state index contributed by atoms with van der Waals surface area (Å²) >= 11 is 0. The smallest absolute Gasteiger partial charge is 0.339 e. The quantitative estimate of drug-likeness (QED) is 0.734. The molecule has 0 aliphatic heterocycles. The van der Waals surface area contributed by atoms with Crippen LogP contribution in [0.15, 0.2) is 23.1 Å². The second-order valence-corrected chi connectivity index (χ2v) is 6.77. The average molecular weight is 344 g/mol. The van der Waals surface area contributed by atoms with Gasteiger partial charge in [0.2, 0.25) is 10.0 Å². The summed E-state index contributed by atoms with van der Waals surface area (Å²) in [6.45, 7) is 1.72. The largest absolute Gasteiger partial charge is 0.465 e. The Kier molecular flexibility index (Phi) is 6.25. The molecule has 0 saturated carbocycles. The topological polar surface area (TPSA) is 116 Å². The van der Waals surface area contributed by atoms with E-state index in [1.165, 1.54) is 26.3 Å². The molecule has 9 heteroatoms. The van der Waals surface area contributed by atoms with Gasteiger partial charge in [0, 0.05) is 19.6 Å². The average Bonchev–Trinajstić information content (AvgIpc) is 2.58. The Morgan fingerprint density at radius 2 is 1.78 bits per heavy atom. The highest BCUT2D eigenvalue weighted by Gasteiger charge is 2.30. The van der Waals surface area contributed by atoms with Gasteiger partial charge in [-0.25, -0.2) is 18.0 Å². The molecule has 0 fully saturated rings. The van der Waals surface area contributed by atoms with Crippen LogP contribution in [0, 0.1) is 0 Å². The molecule has 0 heterocycles. The van der Waals surface area contributed by atoms with Crippen LogP contribution in [0.5, 0.6) is 0 Å². The zero-order valence-electron chi connectivity index (χ0n) is 13.4. The van der Waals surface area contributed by atoms with Crippen molar-refractivity contribution in [3.05, 3.63) is 29.3 Å². The van der Waals surface area contributed by atoms with Crippen LogP contribution in [0.3, 0.4) is 0 Å². The monoisotopic (exact) mass is 344 g/mol. The minimum absolute atomic E-state index is 0.00697. The van der Waals surface area contributed by atoms with E-state index in [2.05, 4.69) is 9.47 Å². The van der Waals surface area contributed by atoms with Crippen LogP contribution in [0.25, 0.3) is 0 Å². The van der Waals surface area contributed by atoms with E-state index in [1.54, 1.807) is 6.92 Å². The first kappa shape index (κ1) is 19.1. The summed E-state index contributed by atoms with van der Waals surface area (Å²) in [5.74, 6) is -1.54. The second-order valence-electron chi connectivity index (χ2n) is 4.80. The molecule has 1 unspecified atom stereocenters. The third-order valence-corrected chi connectivity index (χ3v) is 5.44. The number of likely N-dealkylation sites (N-methyl/N-ethyl adjacent to an activating group) is 1. The number of nitrogens with zero attached hydrogens (tertiary/aromatic N) is 1. The molecule has 0 aliphatic rings. The lowest BCUT2D eigenvalue weighted by Crippen LogP contribution is -2.40. The fourth-order valence-electron chi connectivity index (χ4n) is 1.80. The lowest BCUT2D eigenvalue weighted by atomic mass is 10.1. The highest BCUT2D eigenvalue weighted by molar-refractivity contribution is 7.89. The van der Waals surface area contributed by atoms with Crippen LogP contribution < -0.4 is 5.73 Å². The molecule has 0 bridgehead atoms. The van der Waals surface area contributed by atoms with Gasteiger partial charge in [-0.15, -0.1) is 0 Å². The third-order valence-electron chi connectivity index (χ3n) is 3.43. The molecule has 0 spiro atoms. The summed E-state index contributed by atoms with van der Waals surface area (Å²) in [6.07, 6.45) is 0. The molecule has 1 atom stereocenters. The molecule has 2 N–H and O–H groups in total. The maximum atomic E-state index is 12.7. The SMILES string of the molecule is COC(=O)c1ccc(C(=O)OC)c(S(=O)(=O)N(C)C(C)CN)c1. The first-order valence-corrected chi connectivity index (χ1v) is 8.13. The standard InChI is InChI=1S/C14H20N2O6S/c1-9(8-15)16(2)23(19,20)12-7-10(13(17)21-3)5-6-11(12)14(18)22-4/h5-7,9H,8,15H2,1-4H3. The number of carbonyl (C=O) groups is 2. The van der Waals surface area contributed by atoms with E-state index < -0.39 is 28.0 Å².